The second-order valence-corrected chi connectivity index (χ2v) is 6.43. The number of likely N-dealkylation sites (tertiary alicyclic amines) is 1. The summed E-state index contributed by atoms with van der Waals surface area (Å²) < 4.78 is 18.1. The van der Waals surface area contributed by atoms with Crippen LogP contribution in [0.15, 0.2) is 48.5 Å². The summed E-state index contributed by atoms with van der Waals surface area (Å²) >= 11 is 0. The molecule has 1 N–H and O–H groups in total. The lowest BCUT2D eigenvalue weighted by molar-refractivity contribution is -0.145. The van der Waals surface area contributed by atoms with E-state index in [4.69, 9.17) is 4.74 Å². The van der Waals surface area contributed by atoms with Gasteiger partial charge in [0.05, 0.1) is 19.4 Å². The van der Waals surface area contributed by atoms with E-state index in [1.807, 2.05) is 0 Å². The number of halogens is 1. The van der Waals surface area contributed by atoms with E-state index in [1.165, 1.54) is 31.4 Å². The van der Waals surface area contributed by atoms with Crippen LogP contribution in [-0.2, 0) is 20.7 Å². The smallest absolute Gasteiger partial charge is 0.311 e. The molecular weight excluding hydrogens is 337 g/mol. The van der Waals surface area contributed by atoms with Gasteiger partial charge in [0, 0.05) is 19.0 Å². The first-order valence-electron chi connectivity index (χ1n) is 8.37. The first-order valence-corrected chi connectivity index (χ1v) is 8.37. The van der Waals surface area contributed by atoms with E-state index in [0.29, 0.717) is 6.54 Å². The van der Waals surface area contributed by atoms with Crippen LogP contribution in [0.2, 0.25) is 0 Å². The number of phenolic OH excluding ortho intramolecular Hbond substituents is 1. The van der Waals surface area contributed by atoms with Gasteiger partial charge < -0.3 is 14.7 Å². The molecule has 0 aliphatic carbocycles. The number of amides is 1. The van der Waals surface area contributed by atoms with Crippen LogP contribution in [-0.4, -0.2) is 42.1 Å². The summed E-state index contributed by atoms with van der Waals surface area (Å²) in [6, 6.07) is 12.4. The minimum atomic E-state index is -0.478. The molecule has 0 unspecified atom stereocenters. The van der Waals surface area contributed by atoms with Crippen molar-refractivity contribution in [2.45, 2.75) is 12.3 Å². The van der Waals surface area contributed by atoms with Gasteiger partial charge in [0.2, 0.25) is 5.91 Å². The van der Waals surface area contributed by atoms with Gasteiger partial charge in [-0.15, -0.1) is 0 Å². The van der Waals surface area contributed by atoms with Crippen molar-refractivity contribution in [3.05, 3.63) is 65.5 Å². The van der Waals surface area contributed by atoms with Crippen LogP contribution >= 0.6 is 0 Å². The highest BCUT2D eigenvalue weighted by Crippen LogP contribution is 2.34. The number of phenols is 1. The molecule has 0 aromatic heterocycles. The maximum absolute atomic E-state index is 13.2. The van der Waals surface area contributed by atoms with Crippen molar-refractivity contribution in [1.82, 2.24) is 4.90 Å². The van der Waals surface area contributed by atoms with Crippen molar-refractivity contribution in [1.29, 1.82) is 0 Å². The molecule has 0 radical (unpaired) electrons. The van der Waals surface area contributed by atoms with Gasteiger partial charge in [0.25, 0.3) is 0 Å². The Balaban J connectivity index is 1.76. The number of nitrogens with zero attached hydrogens (tertiary/aromatic N) is 1. The van der Waals surface area contributed by atoms with Crippen LogP contribution < -0.4 is 0 Å². The molecule has 6 heteroatoms. The second-order valence-electron chi connectivity index (χ2n) is 6.43. The van der Waals surface area contributed by atoms with E-state index < -0.39 is 5.92 Å². The first kappa shape index (κ1) is 17.9. The minimum Gasteiger partial charge on any atom is -0.508 e. The largest absolute Gasteiger partial charge is 0.508 e. The third-order valence-corrected chi connectivity index (χ3v) is 4.77. The number of aromatic hydroxyl groups is 1. The maximum Gasteiger partial charge on any atom is 0.311 e. The Morgan fingerprint density at radius 1 is 1.12 bits per heavy atom. The van der Waals surface area contributed by atoms with Crippen molar-refractivity contribution in [2.24, 2.45) is 5.92 Å². The van der Waals surface area contributed by atoms with E-state index in [9.17, 15) is 19.1 Å². The molecule has 1 saturated heterocycles. The van der Waals surface area contributed by atoms with E-state index in [2.05, 4.69) is 0 Å². The number of esters is 1. The number of carbonyl (C=O) groups is 2. The van der Waals surface area contributed by atoms with Crippen LogP contribution in [0.4, 0.5) is 4.39 Å². The van der Waals surface area contributed by atoms with Crippen molar-refractivity contribution in [2.75, 3.05) is 20.2 Å². The summed E-state index contributed by atoms with van der Waals surface area (Å²) in [5, 5.41) is 9.33. The van der Waals surface area contributed by atoms with Crippen molar-refractivity contribution in [3.63, 3.8) is 0 Å². The molecule has 1 aliphatic rings. The Morgan fingerprint density at radius 3 is 2.38 bits per heavy atom. The number of hydrogen-bond acceptors (Lipinski definition) is 4. The molecule has 26 heavy (non-hydrogen) atoms. The Bertz CT molecular complexity index is 788. The fourth-order valence-corrected chi connectivity index (χ4v) is 3.35. The number of carbonyl (C=O) groups excluding carboxylic acids is 2. The zero-order valence-electron chi connectivity index (χ0n) is 14.4. The summed E-state index contributed by atoms with van der Waals surface area (Å²) in [6.45, 7) is 0.647. The van der Waals surface area contributed by atoms with Gasteiger partial charge in [-0.3, -0.25) is 9.59 Å². The van der Waals surface area contributed by atoms with E-state index in [0.717, 1.165) is 11.1 Å². The number of ether oxygens (including phenoxy) is 1. The monoisotopic (exact) mass is 357 g/mol. The Morgan fingerprint density at radius 2 is 1.77 bits per heavy atom. The van der Waals surface area contributed by atoms with Crippen LogP contribution in [0.25, 0.3) is 0 Å². The molecule has 2 aromatic rings. The lowest BCUT2D eigenvalue weighted by atomic mass is 9.89. The highest BCUT2D eigenvalue weighted by molar-refractivity contribution is 5.82. The van der Waals surface area contributed by atoms with E-state index in [-0.39, 0.29) is 42.3 Å². The minimum absolute atomic E-state index is 0.103. The third-order valence-electron chi connectivity index (χ3n) is 4.77. The van der Waals surface area contributed by atoms with Gasteiger partial charge in [0.15, 0.2) is 0 Å². The average molecular weight is 357 g/mol. The Labute approximate surface area is 151 Å². The number of benzene rings is 2. The summed E-state index contributed by atoms with van der Waals surface area (Å²) in [6.07, 6.45) is 0.185. The van der Waals surface area contributed by atoms with Gasteiger partial charge in [-0.25, -0.2) is 4.39 Å². The molecule has 1 heterocycles. The lowest BCUT2D eigenvalue weighted by Gasteiger charge is -2.17. The predicted octanol–water partition coefficient (Wildman–Crippen LogP) is 2.49. The quantitative estimate of drug-likeness (QED) is 0.854. The molecular formula is C20H20FNO4. The number of hydrogen-bond donors (Lipinski definition) is 1. The highest BCUT2D eigenvalue weighted by atomic mass is 19.1. The van der Waals surface area contributed by atoms with Crippen LogP contribution in [0, 0.1) is 11.7 Å². The van der Waals surface area contributed by atoms with Crippen LogP contribution in [0.3, 0.4) is 0 Å². The van der Waals surface area contributed by atoms with Gasteiger partial charge in [-0.1, -0.05) is 24.3 Å². The average Bonchev–Trinajstić information content (AvgIpc) is 3.09. The molecule has 0 spiro atoms. The molecule has 1 aliphatic heterocycles. The molecule has 1 fully saturated rings. The van der Waals surface area contributed by atoms with Gasteiger partial charge in [0.1, 0.15) is 11.6 Å². The second kappa shape index (κ2) is 7.56. The molecule has 136 valence electrons. The highest BCUT2D eigenvalue weighted by Gasteiger charge is 2.40. The van der Waals surface area contributed by atoms with Crippen molar-refractivity contribution >= 4 is 11.9 Å². The fraction of sp³-hybridized carbons (Fsp3) is 0.300. The molecule has 3 rings (SSSR count). The zero-order chi connectivity index (χ0) is 18.7. The van der Waals surface area contributed by atoms with Gasteiger partial charge in [-0.2, -0.15) is 0 Å². The van der Waals surface area contributed by atoms with Crippen molar-refractivity contribution < 1.29 is 23.8 Å². The lowest BCUT2D eigenvalue weighted by Crippen LogP contribution is -2.31. The van der Waals surface area contributed by atoms with E-state index in [1.54, 1.807) is 29.2 Å². The Kier molecular flexibility index (Phi) is 5.21. The summed E-state index contributed by atoms with van der Waals surface area (Å²) in [4.78, 5) is 26.4. The Hall–Kier alpha value is -2.89. The predicted molar refractivity (Wildman–Crippen MR) is 93.0 cm³/mol. The number of methoxy groups -OCH3 is 1. The van der Waals surface area contributed by atoms with Crippen molar-refractivity contribution in [3.8, 4) is 5.75 Å². The molecule has 2 aromatic carbocycles. The number of rotatable bonds is 4. The fourth-order valence-electron chi connectivity index (χ4n) is 3.35. The van der Waals surface area contributed by atoms with Gasteiger partial charge >= 0.3 is 5.97 Å². The standard InChI is InChI=1S/C20H20FNO4/c1-26-20(25)18-12-22(11-17(18)14-4-6-15(21)7-5-14)19(24)10-13-2-8-16(23)9-3-13/h2-9,17-18,23H,10-12H2,1H3/t17-,18+/m1/s1. The van der Waals surface area contributed by atoms with Crippen LogP contribution in [0.1, 0.15) is 17.0 Å². The SMILES string of the molecule is COC(=O)[C@H]1CN(C(=O)Cc2ccc(O)cc2)C[C@@H]1c1ccc(F)cc1. The molecule has 1 amide bonds. The van der Waals surface area contributed by atoms with Crippen LogP contribution in [0.5, 0.6) is 5.75 Å². The summed E-state index contributed by atoms with van der Waals surface area (Å²) in [5.41, 5.74) is 1.59. The summed E-state index contributed by atoms with van der Waals surface area (Å²) in [5.74, 6) is -1.39. The molecule has 0 saturated carbocycles. The van der Waals surface area contributed by atoms with Gasteiger partial charge in [-0.05, 0) is 35.4 Å². The molecule has 0 bridgehead atoms. The normalized spacial score (nSPS) is 19.4. The zero-order valence-corrected chi connectivity index (χ0v) is 14.4. The third kappa shape index (κ3) is 3.85. The first-order chi connectivity index (χ1) is 12.5. The van der Waals surface area contributed by atoms with E-state index >= 15 is 0 Å². The maximum atomic E-state index is 13.2. The topological polar surface area (TPSA) is 66.8 Å². The summed E-state index contributed by atoms with van der Waals surface area (Å²) in [7, 11) is 1.32. The molecule has 5 nitrogen and oxygen atoms in total. The molecule has 2 atom stereocenters.